The number of β-amino-alcohol motifs (C(OH)–C–C–N with tert-alkyl or cyclic N) is 1. The zero-order valence-electron chi connectivity index (χ0n) is 9.94. The van der Waals surface area contributed by atoms with E-state index in [0.717, 1.165) is 4.68 Å². The number of nitrogens with two attached hydrogens (primary N) is 1. The summed E-state index contributed by atoms with van der Waals surface area (Å²) in [6.07, 6.45) is 3.90. The van der Waals surface area contributed by atoms with Gasteiger partial charge in [-0.2, -0.15) is 4.31 Å². The third-order valence-corrected chi connectivity index (χ3v) is 4.78. The van der Waals surface area contributed by atoms with Gasteiger partial charge in [-0.3, -0.25) is 0 Å². The first kappa shape index (κ1) is 13.3. The van der Waals surface area contributed by atoms with Crippen LogP contribution in [0.5, 0.6) is 0 Å². The van der Waals surface area contributed by atoms with Crippen LogP contribution in [0.15, 0.2) is 29.4 Å². The van der Waals surface area contributed by atoms with E-state index < -0.39 is 16.1 Å². The Morgan fingerprint density at radius 3 is 2.94 bits per heavy atom. The molecule has 1 aromatic rings. The van der Waals surface area contributed by atoms with E-state index >= 15 is 0 Å². The molecule has 0 amide bonds. The van der Waals surface area contributed by atoms with Gasteiger partial charge in [0.1, 0.15) is 0 Å². The van der Waals surface area contributed by atoms with E-state index in [4.69, 9.17) is 5.84 Å². The maximum absolute atomic E-state index is 12.4. The molecule has 1 atom stereocenters. The number of aliphatic hydroxyl groups is 1. The van der Waals surface area contributed by atoms with E-state index in [0.29, 0.717) is 19.4 Å². The van der Waals surface area contributed by atoms with Crippen molar-refractivity contribution in [2.24, 2.45) is 0 Å². The molecule has 18 heavy (non-hydrogen) atoms. The third kappa shape index (κ3) is 2.63. The molecule has 1 fully saturated rings. The molecule has 1 aliphatic rings. The van der Waals surface area contributed by atoms with E-state index in [1.54, 1.807) is 18.6 Å². The number of nitrogens with zero attached hydrogens (tertiary/aromatic N) is 2. The summed E-state index contributed by atoms with van der Waals surface area (Å²) in [6, 6.07) is 4.73. The van der Waals surface area contributed by atoms with Gasteiger partial charge in [-0.25, -0.2) is 14.3 Å². The second-order valence-electron chi connectivity index (χ2n) is 4.25. The lowest BCUT2D eigenvalue weighted by atomic mass is 10.2. The van der Waals surface area contributed by atoms with Gasteiger partial charge in [0.05, 0.1) is 6.10 Å². The number of aromatic nitrogens is 1. The topological polar surface area (TPSA) is 87.5 Å². The highest BCUT2D eigenvalue weighted by molar-refractivity contribution is 7.88. The minimum absolute atomic E-state index is 0.0269. The van der Waals surface area contributed by atoms with Crippen molar-refractivity contribution >= 4 is 10.0 Å². The molecule has 99 valence electrons. The Kier molecular flexibility index (Phi) is 3.84. The van der Waals surface area contributed by atoms with Crippen LogP contribution in [0, 0.1) is 6.42 Å². The summed E-state index contributed by atoms with van der Waals surface area (Å²) in [6.45, 7) is 0.474. The van der Waals surface area contributed by atoms with Crippen molar-refractivity contribution in [1.29, 1.82) is 0 Å². The zero-order valence-corrected chi connectivity index (χ0v) is 10.8. The Morgan fingerprint density at radius 1 is 1.44 bits per heavy atom. The minimum atomic E-state index is -3.66. The smallest absolute Gasteiger partial charge is 0.340 e. The summed E-state index contributed by atoms with van der Waals surface area (Å²) in [5, 5.41) is 9.67. The molecule has 2 heterocycles. The molecule has 1 unspecified atom stereocenters. The molecule has 6 nitrogen and oxygen atoms in total. The average molecular weight is 271 g/mol. The number of pyridine rings is 1. The van der Waals surface area contributed by atoms with Crippen molar-refractivity contribution in [2.75, 3.05) is 18.9 Å². The number of nitrogen functional groups attached to an aromatic ring is 1. The number of sulfonamides is 1. The van der Waals surface area contributed by atoms with Crippen molar-refractivity contribution in [3.63, 3.8) is 0 Å². The Hall–Kier alpha value is -1.18. The lowest BCUT2D eigenvalue weighted by Crippen LogP contribution is -2.51. The fourth-order valence-corrected chi connectivity index (χ4v) is 3.52. The number of rotatable bonds is 2. The van der Waals surface area contributed by atoms with Gasteiger partial charge in [0, 0.05) is 25.2 Å². The number of aliphatic hydroxyl groups excluding tert-OH is 1. The summed E-state index contributed by atoms with van der Waals surface area (Å²) < 4.78 is 27.2. The molecule has 1 aromatic heterocycles. The van der Waals surface area contributed by atoms with Crippen LogP contribution in [0.4, 0.5) is 0 Å². The Labute approximate surface area is 107 Å². The predicted octanol–water partition coefficient (Wildman–Crippen LogP) is -0.962. The fraction of sp³-hybridized carbons (Fsp3) is 0.455. The van der Waals surface area contributed by atoms with Gasteiger partial charge in [0.15, 0.2) is 0 Å². The molecular formula is C11H17N3O3S+. The van der Waals surface area contributed by atoms with Crippen molar-refractivity contribution in [3.8, 4) is 0 Å². The quantitative estimate of drug-likeness (QED) is 0.535. The molecule has 0 aliphatic carbocycles. The summed E-state index contributed by atoms with van der Waals surface area (Å²) in [7, 11) is -3.66. The standard InChI is InChI=1S/C11H17N3O3S/c12-14-8-4-2-6-11(14)18(16,17)13-7-3-1-5-10(15)9-13/h2,4-6,8,10,15H,1,3,7,9,12H2/q+1. The van der Waals surface area contributed by atoms with Crippen LogP contribution in [0.3, 0.4) is 0 Å². The Morgan fingerprint density at radius 2 is 2.22 bits per heavy atom. The molecule has 1 saturated heterocycles. The van der Waals surface area contributed by atoms with Crippen LogP contribution in [0.2, 0.25) is 0 Å². The maximum atomic E-state index is 12.4. The van der Waals surface area contributed by atoms with E-state index in [2.05, 4.69) is 0 Å². The van der Waals surface area contributed by atoms with Gasteiger partial charge in [0.25, 0.3) is 0 Å². The first-order chi connectivity index (χ1) is 8.51. The van der Waals surface area contributed by atoms with Crippen LogP contribution < -0.4 is 10.5 Å². The maximum Gasteiger partial charge on any atom is 0.340 e. The second kappa shape index (κ2) is 5.21. The molecule has 0 saturated carbocycles. The normalized spacial score (nSPS) is 22.6. The lowest BCUT2D eigenvalue weighted by Gasteiger charge is -2.19. The Balaban J connectivity index is 2.33. The minimum Gasteiger partial charge on any atom is -0.391 e. The highest BCUT2D eigenvalue weighted by Crippen LogP contribution is 2.17. The summed E-state index contributed by atoms with van der Waals surface area (Å²) in [5.74, 6) is 5.63. The van der Waals surface area contributed by atoms with Gasteiger partial charge in [-0.05, 0) is 25.3 Å². The van der Waals surface area contributed by atoms with Crippen LogP contribution in [-0.4, -0.2) is 37.0 Å². The second-order valence-corrected chi connectivity index (χ2v) is 6.14. The van der Waals surface area contributed by atoms with Crippen LogP contribution >= 0.6 is 0 Å². The molecular weight excluding hydrogens is 254 g/mol. The number of hydrogen-bond donors (Lipinski definition) is 2. The van der Waals surface area contributed by atoms with Gasteiger partial charge >= 0.3 is 15.0 Å². The van der Waals surface area contributed by atoms with Crippen molar-refractivity contribution < 1.29 is 18.2 Å². The molecule has 2 rings (SSSR count). The molecule has 1 radical (unpaired) electrons. The van der Waals surface area contributed by atoms with E-state index in [1.165, 1.54) is 16.6 Å². The molecule has 3 N–H and O–H groups in total. The van der Waals surface area contributed by atoms with E-state index in [-0.39, 0.29) is 11.6 Å². The zero-order chi connectivity index (χ0) is 13.2. The third-order valence-electron chi connectivity index (χ3n) is 2.90. The molecule has 0 spiro atoms. The van der Waals surface area contributed by atoms with E-state index in [1.807, 2.05) is 0 Å². The van der Waals surface area contributed by atoms with E-state index in [9.17, 15) is 13.5 Å². The summed E-state index contributed by atoms with van der Waals surface area (Å²) >= 11 is 0. The van der Waals surface area contributed by atoms with Gasteiger partial charge in [-0.1, -0.05) is 4.68 Å². The van der Waals surface area contributed by atoms with Gasteiger partial charge in [0.2, 0.25) is 6.20 Å². The monoisotopic (exact) mass is 271 g/mol. The van der Waals surface area contributed by atoms with Crippen molar-refractivity contribution in [1.82, 2.24) is 4.31 Å². The summed E-state index contributed by atoms with van der Waals surface area (Å²) in [4.78, 5) is 0. The number of hydrogen-bond acceptors (Lipinski definition) is 4. The highest BCUT2D eigenvalue weighted by atomic mass is 32.2. The van der Waals surface area contributed by atoms with Crippen LogP contribution in [-0.2, 0) is 10.0 Å². The molecule has 7 heteroatoms. The van der Waals surface area contributed by atoms with Gasteiger partial charge in [-0.15, -0.1) is 0 Å². The summed E-state index contributed by atoms with van der Waals surface area (Å²) in [5.41, 5.74) is 0. The predicted molar refractivity (Wildman–Crippen MR) is 65.1 cm³/mol. The molecule has 0 bridgehead atoms. The first-order valence-electron chi connectivity index (χ1n) is 5.79. The SMILES string of the molecule is N[n+]1ccccc1S(=O)(=O)N1CCC[CH]C(O)C1. The Bertz CT molecular complexity index is 518. The van der Waals surface area contributed by atoms with Crippen molar-refractivity contribution in [3.05, 3.63) is 30.8 Å². The fourth-order valence-electron chi connectivity index (χ4n) is 1.96. The van der Waals surface area contributed by atoms with Gasteiger partial charge < -0.3 is 5.11 Å². The molecule has 0 aromatic carbocycles. The van der Waals surface area contributed by atoms with Crippen LogP contribution in [0.25, 0.3) is 0 Å². The highest BCUT2D eigenvalue weighted by Gasteiger charge is 2.34. The average Bonchev–Trinajstić information content (AvgIpc) is 2.54. The van der Waals surface area contributed by atoms with Crippen LogP contribution in [0.1, 0.15) is 12.8 Å². The molecule has 1 aliphatic heterocycles. The first-order valence-corrected chi connectivity index (χ1v) is 7.23. The van der Waals surface area contributed by atoms with Crippen molar-refractivity contribution in [2.45, 2.75) is 24.0 Å². The lowest BCUT2D eigenvalue weighted by molar-refractivity contribution is -0.678. The largest absolute Gasteiger partial charge is 0.391 e.